The van der Waals surface area contributed by atoms with Crippen LogP contribution in [0.25, 0.3) is 21.1 Å². The summed E-state index contributed by atoms with van der Waals surface area (Å²) in [5.41, 5.74) is 2.63. The number of nitrogens with one attached hydrogen (secondary N) is 1. The van der Waals surface area contributed by atoms with Crippen LogP contribution >= 0.6 is 11.3 Å². The van der Waals surface area contributed by atoms with Crippen LogP contribution in [-0.4, -0.2) is 14.8 Å². The van der Waals surface area contributed by atoms with E-state index in [1.165, 1.54) is 4.68 Å². The van der Waals surface area contributed by atoms with Crippen molar-refractivity contribution in [1.29, 1.82) is 0 Å². The molecule has 0 spiro atoms. The fraction of sp³-hybridized carbons (Fsp3) is 0.0667. The molecule has 4 rings (SSSR count). The number of fused-ring (bicyclic) bond motifs is 3. The highest BCUT2D eigenvalue weighted by molar-refractivity contribution is 7.18. The molecule has 3 aromatic heterocycles. The van der Waals surface area contributed by atoms with Gasteiger partial charge in [0.15, 0.2) is 0 Å². The Morgan fingerprint density at radius 2 is 2.05 bits per heavy atom. The molecule has 20 heavy (non-hydrogen) atoms. The lowest BCUT2D eigenvalue weighted by molar-refractivity contribution is 0.646. The Balaban J connectivity index is 1.89. The molecule has 0 aliphatic carbocycles. The predicted molar refractivity (Wildman–Crippen MR) is 81.3 cm³/mol. The Bertz CT molecular complexity index is 949. The minimum Gasteiger partial charge on any atom is -0.349 e. The molecule has 0 unspecified atom stereocenters. The standard InChI is InChI=1S/C15H11N3OS/c19-15-13-11(14-12(17-13)6-7-20-14)8-16-18(15)9-10-4-2-1-3-5-10/h1-8,17H,9H2. The normalized spacial score (nSPS) is 11.4. The molecule has 3 heterocycles. The number of H-pyrrole nitrogens is 1. The largest absolute Gasteiger partial charge is 0.349 e. The minimum absolute atomic E-state index is 0.0743. The van der Waals surface area contributed by atoms with Crippen LogP contribution in [0, 0.1) is 0 Å². The number of thiophene rings is 1. The van der Waals surface area contributed by atoms with Crippen molar-refractivity contribution in [3.05, 3.63) is 63.9 Å². The molecule has 0 amide bonds. The average molecular weight is 281 g/mol. The first-order chi connectivity index (χ1) is 9.83. The summed E-state index contributed by atoms with van der Waals surface area (Å²) in [7, 11) is 0. The highest BCUT2D eigenvalue weighted by atomic mass is 32.1. The van der Waals surface area contributed by atoms with Crippen LogP contribution in [0.5, 0.6) is 0 Å². The van der Waals surface area contributed by atoms with Crippen molar-refractivity contribution in [2.45, 2.75) is 6.54 Å². The molecule has 0 atom stereocenters. The van der Waals surface area contributed by atoms with Crippen LogP contribution in [0.15, 0.2) is 52.8 Å². The zero-order valence-corrected chi connectivity index (χ0v) is 11.4. The van der Waals surface area contributed by atoms with Gasteiger partial charge in [0.25, 0.3) is 5.56 Å². The van der Waals surface area contributed by atoms with Gasteiger partial charge >= 0.3 is 0 Å². The molecular formula is C15H11N3OS. The van der Waals surface area contributed by atoms with Crippen LogP contribution in [0.4, 0.5) is 0 Å². The molecule has 0 saturated carbocycles. The third-order valence-electron chi connectivity index (χ3n) is 3.39. The van der Waals surface area contributed by atoms with Gasteiger partial charge in [-0.3, -0.25) is 4.79 Å². The second-order valence-corrected chi connectivity index (χ2v) is 5.59. The number of nitrogens with zero attached hydrogens (tertiary/aromatic N) is 2. The van der Waals surface area contributed by atoms with Gasteiger partial charge < -0.3 is 4.98 Å². The maximum Gasteiger partial charge on any atom is 0.291 e. The Morgan fingerprint density at radius 1 is 1.20 bits per heavy atom. The predicted octanol–water partition coefficient (Wildman–Crippen LogP) is 2.99. The van der Waals surface area contributed by atoms with Crippen molar-refractivity contribution in [2.24, 2.45) is 0 Å². The SMILES string of the molecule is O=c1c2[nH]c3ccsc3c2cnn1Cc1ccccc1. The van der Waals surface area contributed by atoms with Crippen molar-refractivity contribution in [3.63, 3.8) is 0 Å². The number of hydrogen-bond acceptors (Lipinski definition) is 3. The first-order valence-corrected chi connectivity index (χ1v) is 7.20. The Hall–Kier alpha value is -2.40. The summed E-state index contributed by atoms with van der Waals surface area (Å²) < 4.78 is 2.59. The molecular weight excluding hydrogens is 270 g/mol. The van der Waals surface area contributed by atoms with Crippen molar-refractivity contribution in [3.8, 4) is 0 Å². The summed E-state index contributed by atoms with van der Waals surface area (Å²) in [5, 5.41) is 7.21. The van der Waals surface area contributed by atoms with E-state index in [2.05, 4.69) is 10.1 Å². The van der Waals surface area contributed by atoms with Crippen LogP contribution in [0.2, 0.25) is 0 Å². The van der Waals surface area contributed by atoms with Gasteiger partial charge in [0.05, 0.1) is 23.0 Å². The number of rotatable bonds is 2. The van der Waals surface area contributed by atoms with E-state index >= 15 is 0 Å². The van der Waals surface area contributed by atoms with E-state index in [-0.39, 0.29) is 5.56 Å². The van der Waals surface area contributed by atoms with Crippen molar-refractivity contribution in [1.82, 2.24) is 14.8 Å². The molecule has 0 saturated heterocycles. The first-order valence-electron chi connectivity index (χ1n) is 6.32. The van der Waals surface area contributed by atoms with E-state index in [1.54, 1.807) is 17.5 Å². The van der Waals surface area contributed by atoms with Gasteiger partial charge in [-0.15, -0.1) is 11.3 Å². The Labute approximate surface area is 118 Å². The molecule has 4 nitrogen and oxygen atoms in total. The van der Waals surface area contributed by atoms with E-state index < -0.39 is 0 Å². The molecule has 0 aliphatic rings. The van der Waals surface area contributed by atoms with Crippen molar-refractivity contribution in [2.75, 3.05) is 0 Å². The Kier molecular flexibility index (Phi) is 2.47. The van der Waals surface area contributed by atoms with Gasteiger partial charge in [-0.2, -0.15) is 5.10 Å². The minimum atomic E-state index is -0.0743. The molecule has 5 heteroatoms. The average Bonchev–Trinajstić information content (AvgIpc) is 3.04. The quantitative estimate of drug-likeness (QED) is 0.614. The third-order valence-corrected chi connectivity index (χ3v) is 4.34. The lowest BCUT2D eigenvalue weighted by atomic mass is 10.2. The van der Waals surface area contributed by atoms with Gasteiger partial charge in [-0.05, 0) is 17.0 Å². The second kappa shape index (κ2) is 4.31. The van der Waals surface area contributed by atoms with Crippen LogP contribution in [0.3, 0.4) is 0 Å². The van der Waals surface area contributed by atoms with E-state index in [0.717, 1.165) is 21.2 Å². The monoisotopic (exact) mass is 281 g/mol. The maximum absolute atomic E-state index is 12.5. The molecule has 1 aromatic carbocycles. The first kappa shape index (κ1) is 11.4. The third kappa shape index (κ3) is 1.67. The van der Waals surface area contributed by atoms with Crippen molar-refractivity contribution >= 4 is 32.5 Å². The number of benzene rings is 1. The van der Waals surface area contributed by atoms with Crippen LogP contribution in [-0.2, 0) is 6.54 Å². The highest BCUT2D eigenvalue weighted by Gasteiger charge is 2.11. The van der Waals surface area contributed by atoms with Crippen molar-refractivity contribution < 1.29 is 0 Å². The molecule has 0 radical (unpaired) electrons. The number of aromatic nitrogens is 3. The van der Waals surface area contributed by atoms with Crippen LogP contribution < -0.4 is 5.56 Å². The molecule has 4 aromatic rings. The smallest absolute Gasteiger partial charge is 0.291 e. The summed E-state index contributed by atoms with van der Waals surface area (Å²) in [6.07, 6.45) is 1.77. The van der Waals surface area contributed by atoms with E-state index in [4.69, 9.17) is 0 Å². The molecule has 0 bridgehead atoms. The Morgan fingerprint density at radius 3 is 2.90 bits per heavy atom. The summed E-state index contributed by atoms with van der Waals surface area (Å²) in [6, 6.07) is 11.9. The highest BCUT2D eigenvalue weighted by Crippen LogP contribution is 2.27. The fourth-order valence-electron chi connectivity index (χ4n) is 2.40. The fourth-order valence-corrected chi connectivity index (χ4v) is 3.27. The van der Waals surface area contributed by atoms with Gasteiger partial charge in [0.1, 0.15) is 5.52 Å². The van der Waals surface area contributed by atoms with E-state index in [0.29, 0.717) is 12.1 Å². The molecule has 98 valence electrons. The summed E-state index contributed by atoms with van der Waals surface area (Å²) in [6.45, 7) is 0.488. The molecule has 1 N–H and O–H groups in total. The number of aromatic amines is 1. The summed E-state index contributed by atoms with van der Waals surface area (Å²) >= 11 is 1.62. The van der Waals surface area contributed by atoms with Crippen LogP contribution in [0.1, 0.15) is 5.56 Å². The molecule has 0 fully saturated rings. The summed E-state index contributed by atoms with van der Waals surface area (Å²) in [4.78, 5) is 15.7. The van der Waals surface area contributed by atoms with E-state index in [9.17, 15) is 4.79 Å². The van der Waals surface area contributed by atoms with Gasteiger partial charge in [0.2, 0.25) is 0 Å². The van der Waals surface area contributed by atoms with Gasteiger partial charge in [-0.1, -0.05) is 30.3 Å². The topological polar surface area (TPSA) is 50.7 Å². The van der Waals surface area contributed by atoms with E-state index in [1.807, 2.05) is 41.8 Å². The lowest BCUT2D eigenvalue weighted by Crippen LogP contribution is -2.23. The molecule has 0 aliphatic heterocycles. The van der Waals surface area contributed by atoms with Gasteiger partial charge in [-0.25, -0.2) is 4.68 Å². The lowest BCUT2D eigenvalue weighted by Gasteiger charge is -2.04. The number of hydrogen-bond donors (Lipinski definition) is 1. The summed E-state index contributed by atoms with van der Waals surface area (Å²) in [5.74, 6) is 0. The second-order valence-electron chi connectivity index (χ2n) is 4.67. The zero-order valence-electron chi connectivity index (χ0n) is 10.5. The van der Waals surface area contributed by atoms with Gasteiger partial charge in [0, 0.05) is 5.39 Å². The maximum atomic E-state index is 12.5. The zero-order chi connectivity index (χ0) is 13.5.